The number of rotatable bonds is 58. The molecule has 6 aromatic heterocycles. The van der Waals surface area contributed by atoms with Crippen LogP contribution in [0.1, 0.15) is 359 Å². The maximum Gasteiger partial charge on any atom is 0.128 e. The normalized spacial score (nSPS) is 12.1. The fourth-order valence-electron chi connectivity index (χ4n) is 14.2. The number of aromatic nitrogens is 8. The Kier molecular flexibility index (Phi) is 44.3. The van der Waals surface area contributed by atoms with Crippen LogP contribution in [0.2, 0.25) is 19.3 Å². The van der Waals surface area contributed by atoms with Gasteiger partial charge in [0.25, 0.3) is 0 Å². The van der Waals surface area contributed by atoms with Gasteiger partial charge in [0.15, 0.2) is 0 Å². The summed E-state index contributed by atoms with van der Waals surface area (Å²) in [7, 11) is 0. The Morgan fingerprint density at radius 1 is 0.350 bits per heavy atom. The Morgan fingerprint density at radius 2 is 0.650 bits per heavy atom. The van der Waals surface area contributed by atoms with E-state index in [1.54, 1.807) is 18.9 Å². The molecule has 0 spiro atoms. The van der Waals surface area contributed by atoms with Crippen molar-refractivity contribution in [2.45, 2.75) is 392 Å². The molecule has 0 atom stereocenters. The van der Waals surface area contributed by atoms with E-state index in [1.165, 1.54) is 337 Å². The second-order valence-corrected chi connectivity index (χ2v) is 56.3. The fourth-order valence-corrected chi connectivity index (χ4v) is 28.0. The average molecular weight is 1780 g/mol. The second-order valence-electron chi connectivity index (χ2n) is 30.6. The van der Waals surface area contributed by atoms with Crippen LogP contribution >= 0.6 is 77.2 Å². The Balaban J connectivity index is 0.000000284. The van der Waals surface area contributed by atoms with Gasteiger partial charge < -0.3 is 0 Å². The summed E-state index contributed by atoms with van der Waals surface area (Å²) in [5.41, 5.74) is 6.85. The average Bonchev–Trinajstić information content (AvgIpc) is 1.17. The Hall–Kier alpha value is -1.02. The van der Waals surface area contributed by atoms with Crippen molar-refractivity contribution in [3.8, 4) is 19.8 Å². The van der Waals surface area contributed by atoms with Crippen molar-refractivity contribution in [3.63, 3.8) is 0 Å². The minimum absolute atomic E-state index is 0.278. The number of thiophene rings is 2. The van der Waals surface area contributed by atoms with E-state index in [2.05, 4.69) is 128 Å². The van der Waals surface area contributed by atoms with Crippen LogP contribution in [0.25, 0.3) is 62.3 Å². The van der Waals surface area contributed by atoms with Crippen LogP contribution in [0, 0.1) is 0 Å². The first-order chi connectivity index (χ1) is 49.0. The SMILES string of the molecule is CCCCCCCCCCCCCCc1cc([CH2][Sn][CH2]C)sc1-c1nc2sc(-c3s[c]([Sn]([CH3])([CH3])[CH3])cc3CCCCCCCCCCCCCC)nc2s1.CCCCCCCCCCCCCCn1nc2c(Br)cc3c(cc(Br)c4nn(CCCCCCCCCCCCCC)nc43)c2n1. The van der Waals surface area contributed by atoms with E-state index in [9.17, 15) is 0 Å². The molecule has 0 aliphatic carbocycles. The first-order valence-electron chi connectivity index (χ1n) is 41.6. The molecule has 8 aromatic rings. The predicted molar refractivity (Wildman–Crippen MR) is 458 cm³/mol. The van der Waals surface area contributed by atoms with Crippen molar-refractivity contribution >= 4 is 162 Å². The van der Waals surface area contributed by atoms with Gasteiger partial charge in [0.05, 0.1) is 13.1 Å². The molecular weight excluding hydrogens is 1650 g/mol. The van der Waals surface area contributed by atoms with Gasteiger partial charge in [-0.2, -0.15) is 30.0 Å². The maximum absolute atomic E-state index is 5.34. The van der Waals surface area contributed by atoms with Crippen LogP contribution < -0.4 is 2.89 Å². The fraction of sp³-hybridized carbons (Fsp3) is 0.738. The van der Waals surface area contributed by atoms with Gasteiger partial charge in [-0.05, 0) is 56.8 Å². The summed E-state index contributed by atoms with van der Waals surface area (Å²) in [4.78, 5) is 29.0. The Morgan fingerprint density at radius 3 is 0.980 bits per heavy atom. The third-order valence-corrected chi connectivity index (χ3v) is 39.7. The summed E-state index contributed by atoms with van der Waals surface area (Å²) >= 11 is 13.0. The van der Waals surface area contributed by atoms with E-state index in [-0.39, 0.29) is 21.1 Å². The molecule has 0 unspecified atom stereocenters. The molecule has 6 heterocycles. The van der Waals surface area contributed by atoms with Crippen LogP contribution in [-0.2, 0) is 30.4 Å². The van der Waals surface area contributed by atoms with E-state index >= 15 is 0 Å². The zero-order valence-corrected chi connectivity index (χ0v) is 76.6. The zero-order valence-electron chi connectivity index (χ0n) is 64.5. The molecule has 100 heavy (non-hydrogen) atoms. The second kappa shape index (κ2) is 51.3. The predicted octanol–water partition coefficient (Wildman–Crippen LogP) is 30.1. The molecule has 0 saturated carbocycles. The number of thiazole rings is 2. The third-order valence-electron chi connectivity index (χ3n) is 20.4. The van der Waals surface area contributed by atoms with Crippen molar-refractivity contribution in [1.29, 1.82) is 0 Å². The molecule has 2 radical (unpaired) electrons. The number of hydrogen-bond acceptors (Lipinski definition) is 10. The van der Waals surface area contributed by atoms with Gasteiger partial charge in [-0.15, -0.1) is 0 Å². The number of unbranched alkanes of at least 4 members (excludes halogenated alkanes) is 44. The van der Waals surface area contributed by atoms with Crippen LogP contribution in [0.4, 0.5) is 0 Å². The van der Waals surface area contributed by atoms with Gasteiger partial charge in [0.2, 0.25) is 0 Å². The van der Waals surface area contributed by atoms with Crippen LogP contribution in [0.5, 0.6) is 0 Å². The molecule has 16 heteroatoms. The van der Waals surface area contributed by atoms with Crippen molar-refractivity contribution in [1.82, 2.24) is 40.0 Å². The summed E-state index contributed by atoms with van der Waals surface area (Å²) in [6.45, 7) is 13.3. The van der Waals surface area contributed by atoms with Gasteiger partial charge >= 0.3 is 295 Å². The van der Waals surface area contributed by atoms with Gasteiger partial charge in [-0.25, -0.2) is 0 Å². The molecule has 0 saturated heterocycles. The van der Waals surface area contributed by atoms with Crippen molar-refractivity contribution < 1.29 is 0 Å². The maximum atomic E-state index is 5.34. The largest absolute Gasteiger partial charge is 0.184 e. The van der Waals surface area contributed by atoms with E-state index in [0.717, 1.165) is 77.4 Å². The number of aryl methyl sites for hydroxylation is 4. The van der Waals surface area contributed by atoms with Crippen LogP contribution in [-0.4, -0.2) is 79.5 Å². The molecule has 0 amide bonds. The molecule has 0 bridgehead atoms. The smallest absolute Gasteiger partial charge is 0.128 e. The number of fused-ring (bicyclic) bond motifs is 6. The van der Waals surface area contributed by atoms with E-state index in [0.29, 0.717) is 0 Å². The standard InChI is InChI=1S/C41H62N2S4.C38H60Br2N6.C2H5.3CH3.2Sn/c1-4-6-8-10-12-14-16-18-20-22-24-26-28-34-30-31-44-36(34)38-42-40-41(46-38)43-39(47-40)37-35(32-33(3)45-37)29-27-25-23-21-19-17-15-13-11-9-7-5-2;1-3-5-7-9-11-13-15-17-19-21-23-25-27-45-41-35-31-29-34(40)38-36(32(31)30-33(39)37(35)43-45)42-46(44-38)28-26-24-22-20-18-16-14-12-10-8-6-4-2;1-2;;;;;/h30,32H,3-29H2,1-2H3;29-30H,3-28H2,1-2H3;1H2,2H3;3*1H3;;. The monoisotopic (exact) mass is 1780 g/mol. The number of hydrogen-bond donors (Lipinski definition) is 0. The molecular formula is C84H136Br2N8S4Sn2. The van der Waals surface area contributed by atoms with E-state index in [1.807, 2.05) is 32.3 Å². The number of nitrogens with zero attached hydrogens (tertiary/aromatic N) is 8. The van der Waals surface area contributed by atoms with E-state index < -0.39 is 18.4 Å². The molecule has 0 aliphatic heterocycles. The minimum Gasteiger partial charge on any atom is -0.184 e. The number of halogens is 2. The van der Waals surface area contributed by atoms with Gasteiger partial charge in [-0.1, -0.05) is 227 Å². The Labute approximate surface area is 656 Å². The van der Waals surface area contributed by atoms with Crippen molar-refractivity contribution in [3.05, 3.63) is 49.2 Å². The molecule has 558 valence electrons. The van der Waals surface area contributed by atoms with E-state index in [4.69, 9.17) is 30.4 Å². The summed E-state index contributed by atoms with van der Waals surface area (Å²) < 4.78 is 6.44. The zero-order chi connectivity index (χ0) is 70.8. The summed E-state index contributed by atoms with van der Waals surface area (Å²) in [6.07, 6.45) is 68.7. The van der Waals surface area contributed by atoms with Gasteiger partial charge in [0, 0.05) is 19.7 Å². The first-order valence-corrected chi connectivity index (χ1v) is 60.5. The first kappa shape index (κ1) is 86.2. The van der Waals surface area contributed by atoms with Gasteiger partial charge in [0.1, 0.15) is 22.1 Å². The third kappa shape index (κ3) is 31.3. The molecule has 2 aromatic carbocycles. The van der Waals surface area contributed by atoms with Crippen LogP contribution in [0.15, 0.2) is 33.2 Å². The Bertz CT molecular complexity index is 3300. The topological polar surface area (TPSA) is 87.2 Å². The van der Waals surface area contributed by atoms with Gasteiger partial charge in [-0.3, -0.25) is 0 Å². The molecule has 0 N–H and O–H groups in total. The summed E-state index contributed by atoms with van der Waals surface area (Å²) in [5.74, 6) is 0. The minimum atomic E-state index is -2.19. The summed E-state index contributed by atoms with van der Waals surface area (Å²) in [6, 6.07) is 9.49. The molecule has 0 aliphatic rings. The number of benzene rings is 2. The quantitative estimate of drug-likeness (QED) is 0.0279. The molecule has 8 nitrogen and oxygen atoms in total. The van der Waals surface area contributed by atoms with Crippen molar-refractivity contribution in [2.24, 2.45) is 0 Å². The molecule has 8 rings (SSSR count). The summed E-state index contributed by atoms with van der Waals surface area (Å²) in [5, 5.41) is 24.3. The molecule has 0 fully saturated rings. The van der Waals surface area contributed by atoms with Crippen molar-refractivity contribution in [2.75, 3.05) is 0 Å². The van der Waals surface area contributed by atoms with Crippen LogP contribution in [0.3, 0.4) is 0 Å².